The Morgan fingerprint density at radius 1 is 1.26 bits per heavy atom. The number of aromatic nitrogens is 1. The highest BCUT2D eigenvalue weighted by molar-refractivity contribution is 5.79. The topological polar surface area (TPSA) is 74.3 Å². The Hall–Kier alpha value is -1.90. The van der Waals surface area contributed by atoms with Crippen LogP contribution < -0.4 is 15.5 Å². The molecule has 31 heavy (non-hydrogen) atoms. The molecule has 2 fully saturated rings. The molecule has 3 rings (SSSR count). The van der Waals surface area contributed by atoms with Gasteiger partial charge in [-0.1, -0.05) is 6.92 Å². The van der Waals surface area contributed by atoms with E-state index in [0.29, 0.717) is 19.3 Å². The third kappa shape index (κ3) is 8.27. The molecule has 8 heteroatoms. The van der Waals surface area contributed by atoms with Gasteiger partial charge in [-0.25, -0.2) is 9.98 Å². The Kier molecular flexibility index (Phi) is 10.3. The van der Waals surface area contributed by atoms with Gasteiger partial charge < -0.3 is 29.9 Å². The van der Waals surface area contributed by atoms with Crippen LogP contribution in [0.4, 0.5) is 5.82 Å². The molecule has 2 aliphatic heterocycles. The number of rotatable bonds is 11. The standard InChI is InChI=1S/C23H40N6O2/c1-3-24-23(26-9-6-15-30-19-21-7-5-16-31-21)27-18-20-8-10-25-22(17-20)29-13-11-28(4-2)12-14-29/h8,10,17,21H,3-7,9,11-16,18-19H2,1-2H3,(H2,24,26,27). The fourth-order valence-corrected chi connectivity index (χ4v) is 3.91. The van der Waals surface area contributed by atoms with Gasteiger partial charge in [-0.15, -0.1) is 0 Å². The summed E-state index contributed by atoms with van der Waals surface area (Å²) < 4.78 is 11.3. The summed E-state index contributed by atoms with van der Waals surface area (Å²) in [6.07, 6.45) is 5.43. The van der Waals surface area contributed by atoms with Gasteiger partial charge in [0.15, 0.2) is 5.96 Å². The summed E-state index contributed by atoms with van der Waals surface area (Å²) in [4.78, 5) is 14.2. The van der Waals surface area contributed by atoms with E-state index in [-0.39, 0.29) is 0 Å². The maximum atomic E-state index is 5.73. The van der Waals surface area contributed by atoms with Gasteiger partial charge in [-0.3, -0.25) is 0 Å². The minimum atomic E-state index is 0.299. The number of nitrogens with one attached hydrogen (secondary N) is 2. The van der Waals surface area contributed by atoms with E-state index >= 15 is 0 Å². The lowest BCUT2D eigenvalue weighted by Crippen LogP contribution is -2.46. The second-order valence-electron chi connectivity index (χ2n) is 8.13. The van der Waals surface area contributed by atoms with Crippen molar-refractivity contribution >= 4 is 11.8 Å². The summed E-state index contributed by atoms with van der Waals surface area (Å²) in [5.41, 5.74) is 1.18. The third-order valence-electron chi connectivity index (χ3n) is 5.80. The molecule has 2 aliphatic rings. The molecule has 0 aliphatic carbocycles. The Labute approximate surface area is 187 Å². The fraction of sp³-hybridized carbons (Fsp3) is 0.739. The van der Waals surface area contributed by atoms with Gasteiger partial charge in [0.25, 0.3) is 0 Å². The maximum Gasteiger partial charge on any atom is 0.191 e. The number of hydrogen-bond acceptors (Lipinski definition) is 6. The second kappa shape index (κ2) is 13.5. The third-order valence-corrected chi connectivity index (χ3v) is 5.80. The molecule has 174 valence electrons. The van der Waals surface area contributed by atoms with Crippen molar-refractivity contribution in [2.24, 2.45) is 4.99 Å². The number of piperazine rings is 1. The van der Waals surface area contributed by atoms with Crippen LogP contribution in [0, 0.1) is 0 Å². The van der Waals surface area contributed by atoms with Gasteiger partial charge in [0.05, 0.1) is 19.3 Å². The van der Waals surface area contributed by atoms with E-state index in [9.17, 15) is 0 Å². The first-order valence-corrected chi connectivity index (χ1v) is 11.9. The quantitative estimate of drug-likeness (QED) is 0.314. The maximum absolute atomic E-state index is 5.73. The number of ether oxygens (including phenoxy) is 2. The van der Waals surface area contributed by atoms with Crippen molar-refractivity contribution in [3.8, 4) is 0 Å². The van der Waals surface area contributed by atoms with Crippen LogP contribution in [-0.4, -0.2) is 87.6 Å². The van der Waals surface area contributed by atoms with Gasteiger partial charge in [0.2, 0.25) is 0 Å². The van der Waals surface area contributed by atoms with Gasteiger partial charge >= 0.3 is 0 Å². The zero-order chi connectivity index (χ0) is 21.7. The van der Waals surface area contributed by atoms with Crippen molar-refractivity contribution in [1.82, 2.24) is 20.5 Å². The molecule has 8 nitrogen and oxygen atoms in total. The summed E-state index contributed by atoms with van der Waals surface area (Å²) in [5, 5.41) is 6.73. The molecule has 0 spiro atoms. The molecule has 0 saturated carbocycles. The second-order valence-corrected chi connectivity index (χ2v) is 8.13. The zero-order valence-electron chi connectivity index (χ0n) is 19.3. The summed E-state index contributed by atoms with van der Waals surface area (Å²) in [5.74, 6) is 1.90. The van der Waals surface area contributed by atoms with Gasteiger partial charge in [-0.2, -0.15) is 0 Å². The van der Waals surface area contributed by atoms with Gasteiger partial charge in [-0.05, 0) is 50.4 Å². The molecule has 3 heterocycles. The minimum absolute atomic E-state index is 0.299. The Balaban J connectivity index is 1.40. The Bertz CT molecular complexity index is 657. The average Bonchev–Trinajstić information content (AvgIpc) is 3.33. The molecule has 0 aromatic carbocycles. The monoisotopic (exact) mass is 432 g/mol. The molecular formula is C23H40N6O2. The fourth-order valence-electron chi connectivity index (χ4n) is 3.91. The van der Waals surface area contributed by atoms with E-state index in [4.69, 9.17) is 14.5 Å². The van der Waals surface area contributed by atoms with Crippen molar-refractivity contribution < 1.29 is 9.47 Å². The van der Waals surface area contributed by atoms with Crippen molar-refractivity contribution in [2.45, 2.75) is 45.8 Å². The summed E-state index contributed by atoms with van der Waals surface area (Å²) >= 11 is 0. The Morgan fingerprint density at radius 2 is 2.13 bits per heavy atom. The molecule has 0 bridgehead atoms. The number of aliphatic imine (C=N–C) groups is 1. The number of hydrogen-bond donors (Lipinski definition) is 2. The van der Waals surface area contributed by atoms with Crippen LogP contribution in [0.2, 0.25) is 0 Å². The number of nitrogens with zero attached hydrogens (tertiary/aromatic N) is 4. The predicted octanol–water partition coefficient (Wildman–Crippen LogP) is 1.86. The molecule has 1 aromatic rings. The van der Waals surface area contributed by atoms with E-state index in [1.54, 1.807) is 0 Å². The number of likely N-dealkylation sites (N-methyl/N-ethyl adjacent to an activating group) is 1. The van der Waals surface area contributed by atoms with Crippen LogP contribution in [-0.2, 0) is 16.0 Å². The van der Waals surface area contributed by atoms with Crippen LogP contribution in [0.15, 0.2) is 23.3 Å². The molecule has 1 atom stereocenters. The van der Waals surface area contributed by atoms with Crippen LogP contribution in [0.3, 0.4) is 0 Å². The van der Waals surface area contributed by atoms with E-state index in [2.05, 4.69) is 51.4 Å². The van der Waals surface area contributed by atoms with Crippen LogP contribution in [0.1, 0.15) is 38.7 Å². The minimum Gasteiger partial charge on any atom is -0.379 e. The van der Waals surface area contributed by atoms with Crippen LogP contribution in [0.25, 0.3) is 0 Å². The predicted molar refractivity (Wildman–Crippen MR) is 126 cm³/mol. The van der Waals surface area contributed by atoms with Crippen molar-refractivity contribution in [3.05, 3.63) is 23.9 Å². The van der Waals surface area contributed by atoms with Crippen molar-refractivity contribution in [1.29, 1.82) is 0 Å². The normalized spacial score (nSPS) is 20.3. The SMILES string of the molecule is CCNC(=NCc1ccnc(N2CCN(CC)CC2)c1)NCCCOCC1CCCO1. The lowest BCUT2D eigenvalue weighted by atomic mass is 10.2. The summed E-state index contributed by atoms with van der Waals surface area (Å²) in [7, 11) is 0. The molecule has 2 saturated heterocycles. The lowest BCUT2D eigenvalue weighted by Gasteiger charge is -2.34. The molecule has 1 unspecified atom stereocenters. The highest BCUT2D eigenvalue weighted by atomic mass is 16.5. The zero-order valence-corrected chi connectivity index (χ0v) is 19.3. The summed E-state index contributed by atoms with van der Waals surface area (Å²) in [6, 6.07) is 4.23. The first-order chi connectivity index (χ1) is 15.3. The molecule has 2 N–H and O–H groups in total. The van der Waals surface area contributed by atoms with Gasteiger partial charge in [0.1, 0.15) is 5.82 Å². The number of pyridine rings is 1. The molecule has 0 radical (unpaired) electrons. The van der Waals surface area contributed by atoms with Crippen LogP contribution >= 0.6 is 0 Å². The van der Waals surface area contributed by atoms with Crippen molar-refractivity contribution in [3.63, 3.8) is 0 Å². The number of guanidine groups is 1. The molecule has 1 aromatic heterocycles. The van der Waals surface area contributed by atoms with E-state index < -0.39 is 0 Å². The highest BCUT2D eigenvalue weighted by Gasteiger charge is 2.17. The summed E-state index contributed by atoms with van der Waals surface area (Å²) in [6.45, 7) is 14.4. The van der Waals surface area contributed by atoms with E-state index in [1.165, 1.54) is 5.56 Å². The number of anilines is 1. The van der Waals surface area contributed by atoms with Crippen molar-refractivity contribution in [2.75, 3.05) is 70.5 Å². The lowest BCUT2D eigenvalue weighted by molar-refractivity contribution is 0.0168. The average molecular weight is 433 g/mol. The van der Waals surface area contributed by atoms with E-state index in [1.807, 2.05) is 6.20 Å². The van der Waals surface area contributed by atoms with Crippen LogP contribution in [0.5, 0.6) is 0 Å². The Morgan fingerprint density at radius 3 is 2.87 bits per heavy atom. The largest absolute Gasteiger partial charge is 0.379 e. The first-order valence-electron chi connectivity index (χ1n) is 11.9. The molecule has 0 amide bonds. The first kappa shape index (κ1) is 23.8. The molecular weight excluding hydrogens is 392 g/mol. The van der Waals surface area contributed by atoms with E-state index in [0.717, 1.165) is 90.1 Å². The highest BCUT2D eigenvalue weighted by Crippen LogP contribution is 2.16. The van der Waals surface area contributed by atoms with Gasteiger partial charge in [0, 0.05) is 58.7 Å². The smallest absolute Gasteiger partial charge is 0.191 e.